The monoisotopic (exact) mass is 224 g/mol. The molecule has 1 amide bonds. The highest BCUT2D eigenvalue weighted by Crippen LogP contribution is 2.30. The lowest BCUT2D eigenvalue weighted by Crippen LogP contribution is -2.56. The number of carbonyl (C=O) groups excluding carboxylic acids is 1. The van der Waals surface area contributed by atoms with Crippen LogP contribution in [0.1, 0.15) is 19.3 Å². The van der Waals surface area contributed by atoms with Crippen molar-refractivity contribution in [3.05, 3.63) is 29.3 Å². The molecule has 1 aromatic rings. The summed E-state index contributed by atoms with van der Waals surface area (Å²) in [6.07, 6.45) is 2.55. The maximum atomic E-state index is 11.7. The number of anilines is 1. The smallest absolute Gasteiger partial charge is 0.244 e. The minimum absolute atomic E-state index is 0.115. The van der Waals surface area contributed by atoms with Gasteiger partial charge >= 0.3 is 0 Å². The zero-order chi connectivity index (χ0) is 10.9. The Bertz CT molecular complexity index is 388. The first-order valence-electron chi connectivity index (χ1n) is 4.96. The fraction of sp³-hybridized carbons (Fsp3) is 0.364. The summed E-state index contributed by atoms with van der Waals surface area (Å²) in [7, 11) is 0. The van der Waals surface area contributed by atoms with Gasteiger partial charge in [-0.1, -0.05) is 17.7 Å². The van der Waals surface area contributed by atoms with Gasteiger partial charge < -0.3 is 11.1 Å². The van der Waals surface area contributed by atoms with E-state index < -0.39 is 5.54 Å². The number of carbonyl (C=O) groups is 1. The van der Waals surface area contributed by atoms with Crippen molar-refractivity contribution in [1.82, 2.24) is 0 Å². The van der Waals surface area contributed by atoms with Crippen LogP contribution in [0.3, 0.4) is 0 Å². The molecule has 1 aliphatic rings. The lowest BCUT2D eigenvalue weighted by atomic mass is 9.77. The van der Waals surface area contributed by atoms with Gasteiger partial charge in [0.05, 0.1) is 5.54 Å². The number of amides is 1. The van der Waals surface area contributed by atoms with Crippen molar-refractivity contribution in [2.24, 2.45) is 5.73 Å². The Hall–Kier alpha value is -1.06. The first-order valence-corrected chi connectivity index (χ1v) is 5.34. The summed E-state index contributed by atoms with van der Waals surface area (Å²) >= 11 is 5.81. The molecule has 0 heterocycles. The van der Waals surface area contributed by atoms with Crippen LogP contribution in [0.2, 0.25) is 5.02 Å². The second-order valence-electron chi connectivity index (χ2n) is 3.97. The molecule has 1 saturated carbocycles. The fourth-order valence-corrected chi connectivity index (χ4v) is 1.80. The number of hydrogen-bond donors (Lipinski definition) is 2. The van der Waals surface area contributed by atoms with Crippen molar-refractivity contribution in [3.8, 4) is 0 Å². The summed E-state index contributed by atoms with van der Waals surface area (Å²) in [6.45, 7) is 0. The molecular formula is C11H13ClN2O. The number of hydrogen-bond acceptors (Lipinski definition) is 2. The molecule has 0 aromatic heterocycles. The number of rotatable bonds is 2. The van der Waals surface area contributed by atoms with E-state index in [2.05, 4.69) is 5.32 Å². The van der Waals surface area contributed by atoms with Crippen molar-refractivity contribution in [2.45, 2.75) is 24.8 Å². The zero-order valence-corrected chi connectivity index (χ0v) is 9.05. The van der Waals surface area contributed by atoms with E-state index in [1.165, 1.54) is 0 Å². The van der Waals surface area contributed by atoms with E-state index in [1.54, 1.807) is 24.3 Å². The molecule has 0 bridgehead atoms. The van der Waals surface area contributed by atoms with Crippen LogP contribution in [0, 0.1) is 0 Å². The quantitative estimate of drug-likeness (QED) is 0.809. The molecular weight excluding hydrogens is 212 g/mol. The van der Waals surface area contributed by atoms with E-state index in [4.69, 9.17) is 17.3 Å². The molecule has 1 fully saturated rings. The fourth-order valence-electron chi connectivity index (χ4n) is 1.61. The van der Waals surface area contributed by atoms with E-state index in [0.29, 0.717) is 10.7 Å². The molecule has 0 spiro atoms. The third-order valence-corrected chi connectivity index (χ3v) is 3.02. The molecule has 15 heavy (non-hydrogen) atoms. The number of nitrogens with two attached hydrogens (primary N) is 1. The zero-order valence-electron chi connectivity index (χ0n) is 8.29. The van der Waals surface area contributed by atoms with E-state index >= 15 is 0 Å². The highest BCUT2D eigenvalue weighted by Gasteiger charge is 2.40. The van der Waals surface area contributed by atoms with Crippen molar-refractivity contribution in [1.29, 1.82) is 0 Å². The van der Waals surface area contributed by atoms with Gasteiger partial charge in [0.2, 0.25) is 5.91 Å². The molecule has 0 atom stereocenters. The van der Waals surface area contributed by atoms with Gasteiger partial charge in [0.1, 0.15) is 0 Å². The van der Waals surface area contributed by atoms with Crippen LogP contribution in [-0.4, -0.2) is 11.4 Å². The van der Waals surface area contributed by atoms with Crippen LogP contribution >= 0.6 is 11.6 Å². The topological polar surface area (TPSA) is 55.1 Å². The summed E-state index contributed by atoms with van der Waals surface area (Å²) in [5.74, 6) is -0.115. The van der Waals surface area contributed by atoms with Crippen LogP contribution in [-0.2, 0) is 4.79 Å². The average Bonchev–Trinajstić information content (AvgIpc) is 2.14. The molecule has 0 saturated heterocycles. The lowest BCUT2D eigenvalue weighted by Gasteiger charge is -2.36. The Morgan fingerprint density at radius 3 is 2.73 bits per heavy atom. The SMILES string of the molecule is NC1(C(=O)Nc2cccc(Cl)c2)CCC1. The highest BCUT2D eigenvalue weighted by atomic mass is 35.5. The average molecular weight is 225 g/mol. The van der Waals surface area contributed by atoms with Crippen LogP contribution in [0.15, 0.2) is 24.3 Å². The first-order chi connectivity index (χ1) is 7.10. The normalized spacial score (nSPS) is 18.0. The summed E-state index contributed by atoms with van der Waals surface area (Å²) in [5, 5.41) is 3.38. The van der Waals surface area contributed by atoms with Crippen molar-refractivity contribution >= 4 is 23.2 Å². The third kappa shape index (κ3) is 2.13. The molecule has 1 aliphatic carbocycles. The van der Waals surface area contributed by atoms with Gasteiger partial charge in [-0.25, -0.2) is 0 Å². The molecule has 1 aromatic carbocycles. The molecule has 3 nitrogen and oxygen atoms in total. The number of halogens is 1. The molecule has 3 N–H and O–H groups in total. The van der Waals surface area contributed by atoms with Gasteiger partial charge in [0, 0.05) is 10.7 Å². The van der Waals surface area contributed by atoms with Crippen LogP contribution < -0.4 is 11.1 Å². The van der Waals surface area contributed by atoms with E-state index in [-0.39, 0.29) is 5.91 Å². The molecule has 0 radical (unpaired) electrons. The van der Waals surface area contributed by atoms with Crippen molar-refractivity contribution in [3.63, 3.8) is 0 Å². The van der Waals surface area contributed by atoms with E-state index in [1.807, 2.05) is 0 Å². The van der Waals surface area contributed by atoms with E-state index in [9.17, 15) is 4.79 Å². The largest absolute Gasteiger partial charge is 0.324 e. The van der Waals surface area contributed by atoms with Gasteiger partial charge in [0.15, 0.2) is 0 Å². The third-order valence-electron chi connectivity index (χ3n) is 2.78. The Balaban J connectivity index is 2.06. The molecule has 0 unspecified atom stereocenters. The summed E-state index contributed by atoms with van der Waals surface area (Å²) in [4.78, 5) is 11.7. The molecule has 2 rings (SSSR count). The number of nitrogens with one attached hydrogen (secondary N) is 1. The Kier molecular flexibility index (Phi) is 2.67. The standard InChI is InChI=1S/C11H13ClN2O/c12-8-3-1-4-9(7-8)14-10(15)11(13)5-2-6-11/h1,3-4,7H,2,5-6,13H2,(H,14,15). The second kappa shape index (κ2) is 3.83. The van der Waals surface area contributed by atoms with Gasteiger partial charge in [-0.3, -0.25) is 4.79 Å². The lowest BCUT2D eigenvalue weighted by molar-refractivity contribution is -0.123. The molecule has 80 valence electrons. The van der Waals surface area contributed by atoms with Gasteiger partial charge in [-0.05, 0) is 37.5 Å². The predicted octanol–water partition coefficient (Wildman–Crippen LogP) is 2.16. The van der Waals surface area contributed by atoms with Crippen molar-refractivity contribution < 1.29 is 4.79 Å². The first kappa shape index (κ1) is 10.5. The van der Waals surface area contributed by atoms with Gasteiger partial charge in [0.25, 0.3) is 0 Å². The predicted molar refractivity (Wildman–Crippen MR) is 60.9 cm³/mol. The maximum absolute atomic E-state index is 11.7. The minimum atomic E-state index is -0.664. The van der Waals surface area contributed by atoms with E-state index in [0.717, 1.165) is 19.3 Å². The van der Waals surface area contributed by atoms with Gasteiger partial charge in [-0.15, -0.1) is 0 Å². The van der Waals surface area contributed by atoms with Crippen LogP contribution in [0.4, 0.5) is 5.69 Å². The maximum Gasteiger partial charge on any atom is 0.244 e. The summed E-state index contributed by atoms with van der Waals surface area (Å²) < 4.78 is 0. The number of benzene rings is 1. The van der Waals surface area contributed by atoms with Crippen LogP contribution in [0.5, 0.6) is 0 Å². The van der Waals surface area contributed by atoms with Gasteiger partial charge in [-0.2, -0.15) is 0 Å². The van der Waals surface area contributed by atoms with Crippen LogP contribution in [0.25, 0.3) is 0 Å². The molecule has 0 aliphatic heterocycles. The van der Waals surface area contributed by atoms with Crippen molar-refractivity contribution in [2.75, 3.05) is 5.32 Å². The summed E-state index contributed by atoms with van der Waals surface area (Å²) in [6, 6.07) is 7.06. The Morgan fingerprint density at radius 2 is 2.20 bits per heavy atom. The Labute approximate surface area is 93.6 Å². The second-order valence-corrected chi connectivity index (χ2v) is 4.41. The summed E-state index contributed by atoms with van der Waals surface area (Å²) in [5.41, 5.74) is 5.92. The highest BCUT2D eigenvalue weighted by molar-refractivity contribution is 6.30. The Morgan fingerprint density at radius 1 is 1.47 bits per heavy atom. The molecule has 4 heteroatoms. The minimum Gasteiger partial charge on any atom is -0.324 e.